The first kappa shape index (κ1) is 21.7. The minimum Gasteiger partial charge on any atom is -0.497 e. The van der Waals surface area contributed by atoms with Crippen LogP contribution in [0.1, 0.15) is 28.4 Å². The first-order valence-electron chi connectivity index (χ1n) is 9.79. The van der Waals surface area contributed by atoms with Gasteiger partial charge in [-0.1, -0.05) is 36.4 Å². The minimum absolute atomic E-state index is 0.194. The number of benzene rings is 3. The standard InChI is InChI=1S/C24H24N2O5/c1-30-21-9-5-8-19(16-21)26-24(29)25-15-14-22(17-6-3-2-4-7-17)31-20-12-10-18(11-13-20)23(27)28/h2-13,16,22H,14-15H2,1H3,(H,27,28)(H2,25,26,29). The number of carboxylic acid groups (broad SMARTS) is 1. The van der Waals surface area contributed by atoms with Crippen LogP contribution < -0.4 is 20.1 Å². The monoisotopic (exact) mass is 420 g/mol. The Labute approximate surface area is 180 Å². The highest BCUT2D eigenvalue weighted by Crippen LogP contribution is 2.25. The molecule has 3 rings (SSSR count). The molecule has 1 atom stereocenters. The van der Waals surface area contributed by atoms with E-state index in [0.717, 1.165) is 5.56 Å². The van der Waals surface area contributed by atoms with Crippen molar-refractivity contribution in [3.8, 4) is 11.5 Å². The van der Waals surface area contributed by atoms with E-state index in [1.807, 2.05) is 30.3 Å². The van der Waals surface area contributed by atoms with Crippen molar-refractivity contribution in [3.63, 3.8) is 0 Å². The quantitative estimate of drug-likeness (QED) is 0.465. The minimum atomic E-state index is -0.989. The van der Waals surface area contributed by atoms with Gasteiger partial charge in [0.05, 0.1) is 12.7 Å². The van der Waals surface area contributed by atoms with Gasteiger partial charge in [0.25, 0.3) is 0 Å². The van der Waals surface area contributed by atoms with Crippen molar-refractivity contribution in [1.29, 1.82) is 0 Å². The summed E-state index contributed by atoms with van der Waals surface area (Å²) in [7, 11) is 1.57. The third kappa shape index (κ3) is 6.50. The van der Waals surface area contributed by atoms with E-state index >= 15 is 0 Å². The number of hydrogen-bond acceptors (Lipinski definition) is 4. The van der Waals surface area contributed by atoms with E-state index in [1.54, 1.807) is 43.5 Å². The molecule has 0 saturated carbocycles. The summed E-state index contributed by atoms with van der Waals surface area (Å²) in [5, 5.41) is 14.6. The molecule has 0 aliphatic rings. The van der Waals surface area contributed by atoms with Crippen molar-refractivity contribution in [2.75, 3.05) is 19.0 Å². The molecule has 0 fully saturated rings. The maximum absolute atomic E-state index is 12.2. The SMILES string of the molecule is COc1cccc(NC(=O)NCCC(Oc2ccc(C(=O)O)cc2)c2ccccc2)c1. The van der Waals surface area contributed by atoms with Crippen LogP contribution in [0, 0.1) is 0 Å². The molecule has 0 aliphatic heterocycles. The maximum Gasteiger partial charge on any atom is 0.335 e. The zero-order chi connectivity index (χ0) is 22.1. The van der Waals surface area contributed by atoms with Gasteiger partial charge in [0.15, 0.2) is 0 Å². The van der Waals surface area contributed by atoms with Crippen molar-refractivity contribution in [1.82, 2.24) is 5.32 Å². The second-order valence-electron chi connectivity index (χ2n) is 6.75. The summed E-state index contributed by atoms with van der Waals surface area (Å²) < 4.78 is 11.2. The number of aromatic carboxylic acids is 1. The van der Waals surface area contributed by atoms with Gasteiger partial charge in [-0.15, -0.1) is 0 Å². The molecule has 0 saturated heterocycles. The summed E-state index contributed by atoms with van der Waals surface area (Å²) in [5.41, 5.74) is 1.78. The van der Waals surface area contributed by atoms with Crippen LogP contribution in [-0.2, 0) is 0 Å². The number of nitrogens with one attached hydrogen (secondary N) is 2. The lowest BCUT2D eigenvalue weighted by Gasteiger charge is -2.20. The summed E-state index contributed by atoms with van der Waals surface area (Å²) in [6.45, 7) is 0.378. The van der Waals surface area contributed by atoms with Crippen LogP contribution >= 0.6 is 0 Å². The molecule has 3 N–H and O–H groups in total. The highest BCUT2D eigenvalue weighted by atomic mass is 16.5. The number of carbonyl (C=O) groups is 2. The van der Waals surface area contributed by atoms with E-state index < -0.39 is 5.97 Å². The van der Waals surface area contributed by atoms with E-state index in [9.17, 15) is 9.59 Å². The fourth-order valence-corrected chi connectivity index (χ4v) is 2.99. The molecule has 0 radical (unpaired) electrons. The zero-order valence-corrected chi connectivity index (χ0v) is 17.1. The molecule has 7 nitrogen and oxygen atoms in total. The predicted octanol–water partition coefficient (Wildman–Crippen LogP) is 4.73. The van der Waals surface area contributed by atoms with Crippen LogP contribution in [0.2, 0.25) is 0 Å². The van der Waals surface area contributed by atoms with Gasteiger partial charge >= 0.3 is 12.0 Å². The molecule has 0 aliphatic carbocycles. The maximum atomic E-state index is 12.2. The number of methoxy groups -OCH3 is 1. The molecular formula is C24H24N2O5. The smallest absolute Gasteiger partial charge is 0.335 e. The van der Waals surface area contributed by atoms with E-state index in [2.05, 4.69) is 10.6 Å². The van der Waals surface area contributed by atoms with E-state index in [4.69, 9.17) is 14.6 Å². The number of ether oxygens (including phenoxy) is 2. The van der Waals surface area contributed by atoms with Gasteiger partial charge in [0.1, 0.15) is 17.6 Å². The van der Waals surface area contributed by atoms with Crippen LogP contribution in [0.3, 0.4) is 0 Å². The predicted molar refractivity (Wildman–Crippen MR) is 118 cm³/mol. The third-order valence-corrected chi connectivity index (χ3v) is 4.57. The molecule has 2 amide bonds. The van der Waals surface area contributed by atoms with Gasteiger partial charge in [-0.05, 0) is 42.0 Å². The van der Waals surface area contributed by atoms with Crippen molar-refractivity contribution in [2.45, 2.75) is 12.5 Å². The molecule has 160 valence electrons. The van der Waals surface area contributed by atoms with Crippen molar-refractivity contribution < 1.29 is 24.2 Å². The molecule has 1 unspecified atom stereocenters. The van der Waals surface area contributed by atoms with Gasteiger partial charge in [-0.25, -0.2) is 9.59 Å². The lowest BCUT2D eigenvalue weighted by molar-refractivity contribution is 0.0696. The van der Waals surface area contributed by atoms with Gasteiger partial charge in [-0.2, -0.15) is 0 Å². The highest BCUT2D eigenvalue weighted by Gasteiger charge is 2.14. The van der Waals surface area contributed by atoms with Gasteiger partial charge in [-0.3, -0.25) is 0 Å². The number of carbonyl (C=O) groups excluding carboxylic acids is 1. The second-order valence-corrected chi connectivity index (χ2v) is 6.75. The normalized spacial score (nSPS) is 11.3. The molecule has 0 spiro atoms. The van der Waals surface area contributed by atoms with Crippen molar-refractivity contribution in [2.24, 2.45) is 0 Å². The average molecular weight is 420 g/mol. The molecular weight excluding hydrogens is 396 g/mol. The summed E-state index contributed by atoms with van der Waals surface area (Å²) in [6.07, 6.45) is 0.213. The van der Waals surface area contributed by atoms with Crippen LogP contribution in [0.5, 0.6) is 11.5 Å². The fraction of sp³-hybridized carbons (Fsp3) is 0.167. The lowest BCUT2D eigenvalue weighted by atomic mass is 10.1. The lowest BCUT2D eigenvalue weighted by Crippen LogP contribution is -2.30. The van der Waals surface area contributed by atoms with Crippen molar-refractivity contribution >= 4 is 17.7 Å². The summed E-state index contributed by atoms with van der Waals surface area (Å²) in [6, 6.07) is 22.7. The Balaban J connectivity index is 1.59. The number of hydrogen-bond donors (Lipinski definition) is 3. The molecule has 0 aromatic heterocycles. The van der Waals surface area contributed by atoms with E-state index in [-0.39, 0.29) is 17.7 Å². The van der Waals surface area contributed by atoms with Crippen molar-refractivity contribution in [3.05, 3.63) is 90.0 Å². The Morgan fingerprint density at radius 2 is 1.68 bits per heavy atom. The van der Waals surface area contributed by atoms with Crippen LogP contribution in [0.15, 0.2) is 78.9 Å². The van der Waals surface area contributed by atoms with Crippen LogP contribution in [-0.4, -0.2) is 30.8 Å². The van der Waals surface area contributed by atoms with Crippen LogP contribution in [0.25, 0.3) is 0 Å². The fourth-order valence-electron chi connectivity index (χ4n) is 2.99. The molecule has 3 aromatic rings. The number of urea groups is 1. The Morgan fingerprint density at radius 1 is 0.935 bits per heavy atom. The molecule has 3 aromatic carbocycles. The molecule has 0 bridgehead atoms. The first-order valence-corrected chi connectivity index (χ1v) is 9.79. The first-order chi connectivity index (χ1) is 15.0. The van der Waals surface area contributed by atoms with E-state index in [0.29, 0.717) is 30.2 Å². The Bertz CT molecular complexity index is 1010. The Morgan fingerprint density at radius 3 is 2.35 bits per heavy atom. The second kappa shape index (κ2) is 10.7. The molecule has 7 heteroatoms. The summed E-state index contributed by atoms with van der Waals surface area (Å²) >= 11 is 0. The molecule has 31 heavy (non-hydrogen) atoms. The largest absolute Gasteiger partial charge is 0.497 e. The third-order valence-electron chi connectivity index (χ3n) is 4.57. The Hall–Kier alpha value is -4.00. The average Bonchev–Trinajstić information content (AvgIpc) is 2.79. The topological polar surface area (TPSA) is 96.9 Å². The number of anilines is 1. The molecule has 0 heterocycles. The summed E-state index contributed by atoms with van der Waals surface area (Å²) in [5.74, 6) is 0.223. The highest BCUT2D eigenvalue weighted by molar-refractivity contribution is 5.89. The number of amides is 2. The number of carboxylic acids is 1. The van der Waals surface area contributed by atoms with Crippen LogP contribution in [0.4, 0.5) is 10.5 Å². The van der Waals surface area contributed by atoms with Gasteiger partial charge in [0, 0.05) is 24.7 Å². The van der Waals surface area contributed by atoms with Gasteiger partial charge < -0.3 is 25.2 Å². The summed E-state index contributed by atoms with van der Waals surface area (Å²) in [4.78, 5) is 23.3. The van der Waals surface area contributed by atoms with E-state index in [1.165, 1.54) is 12.1 Å². The van der Waals surface area contributed by atoms with Gasteiger partial charge in [0.2, 0.25) is 0 Å². The zero-order valence-electron chi connectivity index (χ0n) is 17.1. The number of rotatable bonds is 9. The Kier molecular flexibility index (Phi) is 7.48.